The quantitative estimate of drug-likeness (QED) is 0.511. The Morgan fingerprint density at radius 3 is 2.80 bits per heavy atom. The molecule has 3 aromatic rings. The topological polar surface area (TPSA) is 52.8 Å². The first kappa shape index (κ1) is 16.5. The van der Waals surface area contributed by atoms with E-state index in [1.165, 1.54) is 17.5 Å². The highest BCUT2D eigenvalue weighted by Gasteiger charge is 2.22. The highest BCUT2D eigenvalue weighted by molar-refractivity contribution is 7.98. The van der Waals surface area contributed by atoms with Crippen molar-refractivity contribution < 1.29 is 4.74 Å². The van der Waals surface area contributed by atoms with Crippen LogP contribution in [0.5, 0.6) is 0 Å². The normalized spacial score (nSPS) is 18.0. The molecule has 0 spiro atoms. The highest BCUT2D eigenvalue weighted by Crippen LogP contribution is 2.32. The third-order valence-corrected chi connectivity index (χ3v) is 5.23. The number of rotatable bonds is 3. The van der Waals surface area contributed by atoms with Crippen molar-refractivity contribution in [2.75, 3.05) is 12.9 Å². The van der Waals surface area contributed by atoms with Gasteiger partial charge >= 0.3 is 0 Å². The smallest absolute Gasteiger partial charge is 0.189 e. The van der Waals surface area contributed by atoms with Crippen LogP contribution >= 0.6 is 11.8 Å². The number of thioether (sulfide) groups is 1. The molecule has 1 unspecified atom stereocenters. The van der Waals surface area contributed by atoms with E-state index in [-0.39, 0.29) is 6.23 Å². The molecule has 3 heterocycles. The molecule has 130 valence electrons. The Kier molecular flexibility index (Phi) is 4.48. The summed E-state index contributed by atoms with van der Waals surface area (Å²) < 4.78 is 8.02. The third kappa shape index (κ3) is 3.04. The maximum Gasteiger partial charge on any atom is 0.189 e. The van der Waals surface area contributed by atoms with Crippen LogP contribution in [0.25, 0.3) is 22.4 Å². The van der Waals surface area contributed by atoms with E-state index in [2.05, 4.69) is 41.6 Å². The Labute approximate surface area is 151 Å². The first-order chi connectivity index (χ1) is 12.2. The molecule has 5 nitrogen and oxygen atoms in total. The van der Waals surface area contributed by atoms with Crippen LogP contribution in [0, 0.1) is 13.8 Å². The summed E-state index contributed by atoms with van der Waals surface area (Å²) in [6.07, 6.45) is 7.19. The summed E-state index contributed by atoms with van der Waals surface area (Å²) in [5.74, 6) is 0. The van der Waals surface area contributed by atoms with E-state index in [1.54, 1.807) is 11.8 Å². The molecule has 1 saturated heterocycles. The Morgan fingerprint density at radius 1 is 1.20 bits per heavy atom. The van der Waals surface area contributed by atoms with Gasteiger partial charge in [-0.2, -0.15) is 0 Å². The molecular formula is C19H22N4OS. The third-order valence-electron chi connectivity index (χ3n) is 4.69. The molecule has 0 bridgehead atoms. The van der Waals surface area contributed by atoms with Gasteiger partial charge < -0.3 is 4.74 Å². The average molecular weight is 354 g/mol. The van der Waals surface area contributed by atoms with E-state index in [0.29, 0.717) is 0 Å². The maximum atomic E-state index is 5.94. The molecule has 1 aromatic carbocycles. The number of imidazole rings is 1. The standard InChI is InChI=1S/C19H22N4OS/c1-12-7-8-14(13(2)10-12)16-17-18(22-19(21-16)25-3)23(11-20-17)15-6-4-5-9-24-15/h7-8,10-11,15H,4-6,9H2,1-3H3. The van der Waals surface area contributed by atoms with Crippen LogP contribution in [0.15, 0.2) is 29.7 Å². The van der Waals surface area contributed by atoms with Gasteiger partial charge in [0.15, 0.2) is 10.8 Å². The number of hydrogen-bond acceptors (Lipinski definition) is 5. The van der Waals surface area contributed by atoms with Gasteiger partial charge in [0.25, 0.3) is 0 Å². The lowest BCUT2D eigenvalue weighted by Gasteiger charge is -2.23. The Hall–Kier alpha value is -1.92. The van der Waals surface area contributed by atoms with E-state index in [9.17, 15) is 0 Å². The van der Waals surface area contributed by atoms with Crippen LogP contribution < -0.4 is 0 Å². The zero-order chi connectivity index (χ0) is 17.4. The van der Waals surface area contributed by atoms with Crippen molar-refractivity contribution in [1.82, 2.24) is 19.5 Å². The molecule has 1 atom stereocenters. The summed E-state index contributed by atoms with van der Waals surface area (Å²) in [5, 5.41) is 0.764. The van der Waals surface area contributed by atoms with E-state index in [0.717, 1.165) is 47.0 Å². The number of benzene rings is 1. The summed E-state index contributed by atoms with van der Waals surface area (Å²) >= 11 is 1.56. The molecule has 0 N–H and O–H groups in total. The minimum atomic E-state index is 0.0234. The Balaban J connectivity index is 1.91. The molecule has 1 fully saturated rings. The van der Waals surface area contributed by atoms with Crippen molar-refractivity contribution >= 4 is 22.9 Å². The van der Waals surface area contributed by atoms with Crippen molar-refractivity contribution in [3.05, 3.63) is 35.7 Å². The largest absolute Gasteiger partial charge is 0.358 e. The van der Waals surface area contributed by atoms with Crippen LogP contribution in [-0.2, 0) is 4.74 Å². The zero-order valence-electron chi connectivity index (χ0n) is 14.8. The second-order valence-electron chi connectivity index (χ2n) is 6.52. The Morgan fingerprint density at radius 2 is 2.08 bits per heavy atom. The number of ether oxygens (including phenoxy) is 1. The number of fused-ring (bicyclic) bond motifs is 1. The molecule has 4 rings (SSSR count). The van der Waals surface area contributed by atoms with Crippen LogP contribution in [0.1, 0.15) is 36.6 Å². The minimum absolute atomic E-state index is 0.0234. The lowest BCUT2D eigenvalue weighted by molar-refractivity contribution is -0.0298. The molecule has 0 aliphatic carbocycles. The summed E-state index contributed by atoms with van der Waals surface area (Å²) in [4.78, 5) is 14.2. The molecule has 25 heavy (non-hydrogen) atoms. The van der Waals surface area contributed by atoms with Gasteiger partial charge in [0.2, 0.25) is 0 Å². The first-order valence-electron chi connectivity index (χ1n) is 8.65. The molecule has 1 aliphatic rings. The van der Waals surface area contributed by atoms with Gasteiger partial charge in [-0.15, -0.1) is 0 Å². The van der Waals surface area contributed by atoms with Gasteiger partial charge in [0.05, 0.1) is 6.33 Å². The lowest BCUT2D eigenvalue weighted by Crippen LogP contribution is -2.17. The fourth-order valence-corrected chi connectivity index (χ4v) is 3.77. The van der Waals surface area contributed by atoms with E-state index in [4.69, 9.17) is 14.7 Å². The lowest BCUT2D eigenvalue weighted by atomic mass is 10.0. The van der Waals surface area contributed by atoms with Gasteiger partial charge in [-0.05, 0) is 44.9 Å². The fraction of sp³-hybridized carbons (Fsp3) is 0.421. The predicted octanol–water partition coefficient (Wildman–Crippen LogP) is 4.53. The van der Waals surface area contributed by atoms with E-state index < -0.39 is 0 Å². The van der Waals surface area contributed by atoms with Gasteiger partial charge in [0, 0.05) is 12.2 Å². The van der Waals surface area contributed by atoms with Crippen molar-refractivity contribution in [1.29, 1.82) is 0 Å². The summed E-state index contributed by atoms with van der Waals surface area (Å²) in [6, 6.07) is 6.44. The van der Waals surface area contributed by atoms with Gasteiger partial charge in [-0.25, -0.2) is 15.0 Å². The van der Waals surface area contributed by atoms with E-state index in [1.807, 2.05) is 12.6 Å². The van der Waals surface area contributed by atoms with Crippen molar-refractivity contribution in [2.24, 2.45) is 0 Å². The highest BCUT2D eigenvalue weighted by atomic mass is 32.2. The van der Waals surface area contributed by atoms with Gasteiger partial charge in [0.1, 0.15) is 17.4 Å². The first-order valence-corrected chi connectivity index (χ1v) is 9.87. The monoisotopic (exact) mass is 354 g/mol. The maximum absolute atomic E-state index is 5.94. The van der Waals surface area contributed by atoms with Crippen molar-refractivity contribution in [2.45, 2.75) is 44.5 Å². The predicted molar refractivity (Wildman–Crippen MR) is 101 cm³/mol. The van der Waals surface area contributed by atoms with Crippen LogP contribution in [0.4, 0.5) is 0 Å². The molecule has 0 radical (unpaired) electrons. The van der Waals surface area contributed by atoms with Crippen LogP contribution in [0.2, 0.25) is 0 Å². The number of aromatic nitrogens is 4. The molecule has 2 aromatic heterocycles. The molecule has 0 saturated carbocycles. The fourth-order valence-electron chi connectivity index (χ4n) is 3.41. The SMILES string of the molecule is CSc1nc(-c2ccc(C)cc2C)c2ncn(C3CCCCO3)c2n1. The van der Waals surface area contributed by atoms with Crippen molar-refractivity contribution in [3.63, 3.8) is 0 Å². The van der Waals surface area contributed by atoms with Crippen LogP contribution in [-0.4, -0.2) is 32.4 Å². The molecule has 0 amide bonds. The van der Waals surface area contributed by atoms with Crippen LogP contribution in [0.3, 0.4) is 0 Å². The second kappa shape index (κ2) is 6.77. The number of aryl methyl sites for hydroxylation is 2. The van der Waals surface area contributed by atoms with Gasteiger partial charge in [-0.1, -0.05) is 35.5 Å². The van der Waals surface area contributed by atoms with Crippen molar-refractivity contribution in [3.8, 4) is 11.3 Å². The summed E-state index contributed by atoms with van der Waals surface area (Å²) in [7, 11) is 0. The number of nitrogens with zero attached hydrogens (tertiary/aromatic N) is 4. The molecular weight excluding hydrogens is 332 g/mol. The van der Waals surface area contributed by atoms with Gasteiger partial charge in [-0.3, -0.25) is 4.57 Å². The summed E-state index contributed by atoms with van der Waals surface area (Å²) in [5.41, 5.74) is 6.18. The molecule has 1 aliphatic heterocycles. The summed E-state index contributed by atoms with van der Waals surface area (Å²) in [6.45, 7) is 5.03. The minimum Gasteiger partial charge on any atom is -0.358 e. The Bertz CT molecular complexity index is 915. The molecule has 6 heteroatoms. The number of hydrogen-bond donors (Lipinski definition) is 0. The zero-order valence-corrected chi connectivity index (χ0v) is 15.6. The van der Waals surface area contributed by atoms with E-state index >= 15 is 0 Å². The average Bonchev–Trinajstić information content (AvgIpc) is 3.06. The second-order valence-corrected chi connectivity index (χ2v) is 7.30.